The van der Waals surface area contributed by atoms with Gasteiger partial charge in [0.05, 0.1) is 23.8 Å². The van der Waals surface area contributed by atoms with Crippen molar-refractivity contribution in [3.8, 4) is 0 Å². The van der Waals surface area contributed by atoms with Gasteiger partial charge < -0.3 is 24.6 Å². The molecule has 1 aromatic rings. The van der Waals surface area contributed by atoms with Gasteiger partial charge in [-0.2, -0.15) is 0 Å². The summed E-state index contributed by atoms with van der Waals surface area (Å²) in [6, 6.07) is -0.254. The molecule has 4 heterocycles. The second-order valence-corrected chi connectivity index (χ2v) is 8.86. The van der Waals surface area contributed by atoms with Crippen LogP contribution >= 0.6 is 11.8 Å². The fourth-order valence-corrected chi connectivity index (χ4v) is 5.52. The number of likely N-dealkylation sites (tertiary alicyclic amines) is 1. The zero-order valence-corrected chi connectivity index (χ0v) is 17.2. The van der Waals surface area contributed by atoms with Crippen molar-refractivity contribution in [1.82, 2.24) is 19.4 Å². The third kappa shape index (κ3) is 3.33. The van der Waals surface area contributed by atoms with Crippen molar-refractivity contribution in [1.29, 1.82) is 5.41 Å². The number of thioether (sulfide) groups is 1. The highest BCUT2D eigenvalue weighted by molar-refractivity contribution is 7.99. The highest BCUT2D eigenvalue weighted by atomic mass is 32.2. The molecule has 156 valence electrons. The first-order chi connectivity index (χ1) is 13.8. The molecule has 4 atom stereocenters. The summed E-state index contributed by atoms with van der Waals surface area (Å²) in [5.41, 5.74) is 0.878. The number of rotatable bonds is 6. The van der Waals surface area contributed by atoms with Crippen molar-refractivity contribution in [2.75, 3.05) is 18.8 Å². The molecule has 2 saturated heterocycles. The number of carboxylic acid groups (broad SMARTS) is 1. The number of hydrogen-bond acceptors (Lipinski definition) is 6. The Morgan fingerprint density at radius 1 is 1.48 bits per heavy atom. The smallest absolute Gasteiger partial charge is 0.352 e. The molecule has 1 amide bonds. The molecule has 0 bridgehead atoms. The van der Waals surface area contributed by atoms with Crippen molar-refractivity contribution in [3.05, 3.63) is 23.7 Å². The molecule has 3 aliphatic heterocycles. The number of carbonyl (C=O) groups is 2. The number of aromatic nitrogens is 2. The first-order valence-electron chi connectivity index (χ1n) is 9.69. The lowest BCUT2D eigenvalue weighted by Crippen LogP contribution is -2.61. The van der Waals surface area contributed by atoms with E-state index in [0.29, 0.717) is 31.1 Å². The number of amidine groups is 1. The number of fused-ring (bicyclic) bond motifs is 1. The van der Waals surface area contributed by atoms with Crippen LogP contribution in [0.3, 0.4) is 0 Å². The minimum atomic E-state index is -1.08. The van der Waals surface area contributed by atoms with Gasteiger partial charge in [0.15, 0.2) is 5.16 Å². The van der Waals surface area contributed by atoms with E-state index in [9.17, 15) is 19.8 Å². The minimum Gasteiger partial charge on any atom is -0.477 e. The lowest BCUT2D eigenvalue weighted by atomic mass is 9.82. The number of nitrogens with zero attached hydrogens (tertiary/aromatic N) is 4. The molecule has 0 aliphatic carbocycles. The van der Waals surface area contributed by atoms with E-state index in [4.69, 9.17) is 5.41 Å². The van der Waals surface area contributed by atoms with E-state index in [1.165, 1.54) is 16.7 Å². The SMILES string of the molecule is C[C@@H](O)[C@H]1C(=O)N2C(C(=O)O)=C([C@@H]3CCN(C(=N)CSc4nccn4C)C3)C[C@H]12. The van der Waals surface area contributed by atoms with E-state index >= 15 is 0 Å². The molecule has 0 unspecified atom stereocenters. The zero-order valence-electron chi connectivity index (χ0n) is 16.4. The fraction of sp³-hybridized carbons (Fsp3) is 0.579. The number of aliphatic hydroxyl groups excluding tert-OH is 1. The van der Waals surface area contributed by atoms with Crippen LogP contribution in [-0.4, -0.2) is 78.3 Å². The maximum atomic E-state index is 12.4. The molecule has 4 rings (SSSR count). The van der Waals surface area contributed by atoms with E-state index in [-0.39, 0.29) is 23.6 Å². The van der Waals surface area contributed by atoms with Crippen molar-refractivity contribution < 1.29 is 19.8 Å². The Morgan fingerprint density at radius 3 is 2.86 bits per heavy atom. The quantitative estimate of drug-likeness (QED) is 0.269. The fourth-order valence-electron chi connectivity index (χ4n) is 4.67. The molecule has 9 nitrogen and oxygen atoms in total. The van der Waals surface area contributed by atoms with Crippen molar-refractivity contribution >= 4 is 29.5 Å². The van der Waals surface area contributed by atoms with Crippen LogP contribution in [0.25, 0.3) is 0 Å². The highest BCUT2D eigenvalue weighted by Crippen LogP contribution is 2.47. The van der Waals surface area contributed by atoms with Gasteiger partial charge in [0.2, 0.25) is 5.91 Å². The lowest BCUT2D eigenvalue weighted by Gasteiger charge is -2.44. The van der Waals surface area contributed by atoms with Crippen LogP contribution in [0.15, 0.2) is 28.8 Å². The maximum Gasteiger partial charge on any atom is 0.352 e. The van der Waals surface area contributed by atoms with E-state index < -0.39 is 18.0 Å². The largest absolute Gasteiger partial charge is 0.477 e. The van der Waals surface area contributed by atoms with Crippen LogP contribution in [-0.2, 0) is 16.6 Å². The van der Waals surface area contributed by atoms with Gasteiger partial charge in [-0.05, 0) is 25.3 Å². The van der Waals surface area contributed by atoms with Gasteiger partial charge in [0.25, 0.3) is 0 Å². The summed E-state index contributed by atoms with van der Waals surface area (Å²) in [7, 11) is 1.91. The summed E-state index contributed by atoms with van der Waals surface area (Å²) in [6.07, 6.45) is 4.06. The third-order valence-corrected chi connectivity index (χ3v) is 7.21. The molecule has 29 heavy (non-hydrogen) atoms. The standard InChI is InChI=1S/C19H25N5O4S/c1-10(25)15-13-7-12(16(18(27)28)24(13)17(15)26)11-3-5-23(8-11)14(20)9-29-19-21-4-6-22(19)2/h4,6,10-11,13,15,20,25H,3,5,7-9H2,1-2H3,(H,27,28)/t10-,11-,13-,15-/m1/s1. The molecule has 0 saturated carbocycles. The monoisotopic (exact) mass is 419 g/mol. The maximum absolute atomic E-state index is 12.4. The predicted octanol–water partition coefficient (Wildman–Crippen LogP) is 0.762. The third-order valence-electron chi connectivity index (χ3n) is 6.14. The average molecular weight is 420 g/mol. The number of aliphatic carboxylic acids is 1. The summed E-state index contributed by atoms with van der Waals surface area (Å²) >= 11 is 1.50. The number of aryl methyl sites for hydroxylation is 1. The summed E-state index contributed by atoms with van der Waals surface area (Å²) in [6.45, 7) is 2.86. The van der Waals surface area contributed by atoms with Crippen LogP contribution in [0.5, 0.6) is 0 Å². The summed E-state index contributed by atoms with van der Waals surface area (Å²) in [5, 5.41) is 28.9. The number of nitrogens with one attached hydrogen (secondary N) is 1. The van der Waals surface area contributed by atoms with Gasteiger partial charge in [-0.1, -0.05) is 11.8 Å². The van der Waals surface area contributed by atoms with Gasteiger partial charge in [-0.15, -0.1) is 0 Å². The number of aliphatic hydroxyl groups is 1. The number of hydrogen-bond donors (Lipinski definition) is 3. The second-order valence-electron chi connectivity index (χ2n) is 7.91. The Hall–Kier alpha value is -2.33. The molecule has 1 aromatic heterocycles. The zero-order chi connectivity index (χ0) is 20.9. The minimum absolute atomic E-state index is 0.00709. The average Bonchev–Trinajstić information content (AvgIpc) is 3.36. The van der Waals surface area contributed by atoms with Crippen LogP contribution < -0.4 is 0 Å². The van der Waals surface area contributed by atoms with Gasteiger partial charge in [0, 0.05) is 38.4 Å². The number of carbonyl (C=O) groups excluding carboxylic acids is 1. The highest BCUT2D eigenvalue weighted by Gasteiger charge is 2.57. The van der Waals surface area contributed by atoms with Crippen molar-refractivity contribution in [2.24, 2.45) is 18.9 Å². The molecule has 3 aliphatic rings. The summed E-state index contributed by atoms with van der Waals surface area (Å²) in [4.78, 5) is 31.8. The van der Waals surface area contributed by atoms with Gasteiger partial charge in [-0.25, -0.2) is 9.78 Å². The number of imidazole rings is 1. The summed E-state index contributed by atoms with van der Waals surface area (Å²) in [5.74, 6) is -0.901. The molecule has 0 radical (unpaired) electrons. The van der Waals surface area contributed by atoms with Crippen LogP contribution in [0.1, 0.15) is 19.8 Å². The molecular weight excluding hydrogens is 394 g/mol. The van der Waals surface area contributed by atoms with Crippen LogP contribution in [0.2, 0.25) is 0 Å². The molecule has 0 aromatic carbocycles. The summed E-state index contributed by atoms with van der Waals surface area (Å²) < 4.78 is 1.91. The molecule has 10 heteroatoms. The van der Waals surface area contributed by atoms with E-state index in [0.717, 1.165) is 17.2 Å². The van der Waals surface area contributed by atoms with E-state index in [1.807, 2.05) is 22.7 Å². The predicted molar refractivity (Wildman–Crippen MR) is 106 cm³/mol. The Labute approximate surface area is 172 Å². The molecule has 2 fully saturated rings. The molecule has 0 spiro atoms. The van der Waals surface area contributed by atoms with Gasteiger partial charge in [0.1, 0.15) is 11.5 Å². The Morgan fingerprint density at radius 2 is 2.24 bits per heavy atom. The first-order valence-corrected chi connectivity index (χ1v) is 10.7. The molecule has 3 N–H and O–H groups in total. The van der Waals surface area contributed by atoms with Crippen LogP contribution in [0, 0.1) is 17.2 Å². The topological polar surface area (TPSA) is 123 Å². The van der Waals surface area contributed by atoms with Crippen LogP contribution in [0.4, 0.5) is 0 Å². The van der Waals surface area contributed by atoms with Gasteiger partial charge >= 0.3 is 5.97 Å². The number of carboxylic acids is 1. The normalized spacial score (nSPS) is 27.3. The number of amides is 1. The Bertz CT molecular complexity index is 895. The Kier molecular flexibility index (Phi) is 5.16. The number of β-lactam (4-membered cyclic amide) rings is 1. The lowest BCUT2D eigenvalue weighted by molar-refractivity contribution is -0.161. The van der Waals surface area contributed by atoms with E-state index in [2.05, 4.69) is 4.98 Å². The van der Waals surface area contributed by atoms with Gasteiger partial charge in [-0.3, -0.25) is 10.2 Å². The molecular formula is C19H25N5O4S. The first kappa shape index (κ1) is 20.0. The Balaban J connectivity index is 1.43. The second kappa shape index (κ2) is 7.49. The van der Waals surface area contributed by atoms with Crippen molar-refractivity contribution in [3.63, 3.8) is 0 Å². The van der Waals surface area contributed by atoms with E-state index in [1.54, 1.807) is 13.1 Å². The van der Waals surface area contributed by atoms with Crippen molar-refractivity contribution in [2.45, 2.75) is 37.1 Å².